The largest absolute Gasteiger partial charge is 0.437 e. The molecule has 1 amide bonds. The summed E-state index contributed by atoms with van der Waals surface area (Å²) in [7, 11) is 0. The van der Waals surface area contributed by atoms with Gasteiger partial charge in [0.1, 0.15) is 0 Å². The van der Waals surface area contributed by atoms with Crippen LogP contribution in [0.15, 0.2) is 0 Å². The minimum absolute atomic E-state index is 0.260. The van der Waals surface area contributed by atoms with E-state index in [1.54, 1.807) is 0 Å². The van der Waals surface area contributed by atoms with E-state index in [2.05, 4.69) is 0 Å². The number of ether oxygens (including phenoxy) is 2. The second-order valence-electron chi connectivity index (χ2n) is 2.30. The second-order valence-corrected chi connectivity index (χ2v) is 2.30. The van der Waals surface area contributed by atoms with Crippen molar-refractivity contribution in [2.75, 3.05) is 19.8 Å². The lowest BCUT2D eigenvalue weighted by molar-refractivity contribution is -0.170. The first-order valence-corrected chi connectivity index (χ1v) is 2.95. The van der Waals surface area contributed by atoms with Crippen molar-refractivity contribution >= 4 is 6.09 Å². The zero-order chi connectivity index (χ0) is 7.61. The third-order valence-corrected chi connectivity index (χ3v) is 1.42. The predicted molar refractivity (Wildman–Crippen MR) is 33.3 cm³/mol. The Bertz CT molecular complexity index is 138. The van der Waals surface area contributed by atoms with Gasteiger partial charge < -0.3 is 20.9 Å². The van der Waals surface area contributed by atoms with Crippen molar-refractivity contribution in [3.63, 3.8) is 0 Å². The molecule has 0 unspecified atom stereocenters. The van der Waals surface area contributed by atoms with E-state index >= 15 is 0 Å². The van der Waals surface area contributed by atoms with Crippen molar-refractivity contribution in [1.82, 2.24) is 0 Å². The van der Waals surface area contributed by atoms with E-state index in [1.165, 1.54) is 0 Å². The van der Waals surface area contributed by atoms with E-state index in [1.807, 2.05) is 0 Å². The minimum Gasteiger partial charge on any atom is -0.437 e. The molecule has 0 atom stereocenters. The zero-order valence-corrected chi connectivity index (χ0v) is 5.50. The summed E-state index contributed by atoms with van der Waals surface area (Å²) >= 11 is 0. The van der Waals surface area contributed by atoms with Crippen molar-refractivity contribution in [2.24, 2.45) is 11.5 Å². The lowest BCUT2D eigenvalue weighted by Crippen LogP contribution is -2.58. The molecule has 0 aromatic carbocycles. The average Bonchev–Trinajstić information content (AvgIpc) is 1.78. The molecule has 1 rings (SSSR count). The maximum absolute atomic E-state index is 10.3. The predicted octanol–water partition coefficient (Wildman–Crippen LogP) is -1.19. The highest BCUT2D eigenvalue weighted by atomic mass is 16.6. The lowest BCUT2D eigenvalue weighted by Gasteiger charge is -2.38. The summed E-state index contributed by atoms with van der Waals surface area (Å²) in [5.74, 6) is 0. The molecular formula is C5H10N2O3. The number of nitrogens with two attached hydrogens (primary N) is 2. The lowest BCUT2D eigenvalue weighted by atomic mass is 10.0. The molecule has 1 aliphatic rings. The molecule has 0 radical (unpaired) electrons. The highest BCUT2D eigenvalue weighted by Crippen LogP contribution is 2.19. The Morgan fingerprint density at radius 1 is 1.70 bits per heavy atom. The summed E-state index contributed by atoms with van der Waals surface area (Å²) in [4.78, 5) is 10.3. The summed E-state index contributed by atoms with van der Waals surface area (Å²) in [5.41, 5.74) is 9.46. The Kier molecular flexibility index (Phi) is 1.78. The van der Waals surface area contributed by atoms with Crippen LogP contribution < -0.4 is 11.5 Å². The molecule has 10 heavy (non-hydrogen) atoms. The highest BCUT2D eigenvalue weighted by Gasteiger charge is 2.40. The molecule has 1 heterocycles. The first kappa shape index (κ1) is 7.30. The van der Waals surface area contributed by atoms with Crippen LogP contribution >= 0.6 is 0 Å². The molecular weight excluding hydrogens is 136 g/mol. The molecule has 1 saturated heterocycles. The molecule has 1 fully saturated rings. The number of hydrogen-bond acceptors (Lipinski definition) is 4. The number of carbonyl (C=O) groups excluding carboxylic acids is 1. The van der Waals surface area contributed by atoms with Crippen LogP contribution in [0.4, 0.5) is 4.79 Å². The zero-order valence-electron chi connectivity index (χ0n) is 5.50. The molecule has 0 bridgehead atoms. The number of rotatable bonds is 2. The fraction of sp³-hybridized carbons (Fsp3) is 0.800. The van der Waals surface area contributed by atoms with Gasteiger partial charge in [0, 0.05) is 6.54 Å². The molecule has 0 spiro atoms. The molecule has 5 nitrogen and oxygen atoms in total. The van der Waals surface area contributed by atoms with Gasteiger partial charge in [0.2, 0.25) is 0 Å². The van der Waals surface area contributed by atoms with Crippen LogP contribution in [-0.4, -0.2) is 31.5 Å². The Labute approximate surface area is 58.3 Å². The van der Waals surface area contributed by atoms with Gasteiger partial charge in [-0.05, 0) is 0 Å². The van der Waals surface area contributed by atoms with Crippen LogP contribution in [0.3, 0.4) is 0 Å². The SMILES string of the molecule is NCC1(OC(N)=O)COC1. The normalized spacial score (nSPS) is 21.3. The van der Waals surface area contributed by atoms with Gasteiger partial charge in [-0.3, -0.25) is 0 Å². The van der Waals surface area contributed by atoms with Crippen LogP contribution in [0.2, 0.25) is 0 Å². The summed E-state index contributed by atoms with van der Waals surface area (Å²) in [5, 5.41) is 0. The van der Waals surface area contributed by atoms with Crippen molar-refractivity contribution in [2.45, 2.75) is 5.60 Å². The van der Waals surface area contributed by atoms with Crippen LogP contribution in [0.5, 0.6) is 0 Å². The van der Waals surface area contributed by atoms with Crippen LogP contribution in [0, 0.1) is 0 Å². The molecule has 0 aromatic heterocycles. The number of amides is 1. The Morgan fingerprint density at radius 3 is 2.40 bits per heavy atom. The Morgan fingerprint density at radius 2 is 2.30 bits per heavy atom. The molecule has 58 valence electrons. The van der Waals surface area contributed by atoms with Gasteiger partial charge in [-0.25, -0.2) is 4.79 Å². The summed E-state index contributed by atoms with van der Waals surface area (Å²) < 4.78 is 9.53. The van der Waals surface area contributed by atoms with Gasteiger partial charge in [0.15, 0.2) is 5.60 Å². The number of primary amides is 1. The number of hydrogen-bond donors (Lipinski definition) is 2. The van der Waals surface area contributed by atoms with E-state index in [4.69, 9.17) is 20.9 Å². The van der Waals surface area contributed by atoms with Crippen LogP contribution in [0.1, 0.15) is 0 Å². The maximum Gasteiger partial charge on any atom is 0.405 e. The Hall–Kier alpha value is -0.810. The van der Waals surface area contributed by atoms with Gasteiger partial charge in [-0.15, -0.1) is 0 Å². The molecule has 0 aliphatic carbocycles. The monoisotopic (exact) mass is 146 g/mol. The van der Waals surface area contributed by atoms with Crippen LogP contribution in [-0.2, 0) is 9.47 Å². The van der Waals surface area contributed by atoms with Crippen LogP contribution in [0.25, 0.3) is 0 Å². The van der Waals surface area contributed by atoms with Crippen molar-refractivity contribution in [3.05, 3.63) is 0 Å². The van der Waals surface area contributed by atoms with Gasteiger partial charge >= 0.3 is 6.09 Å². The molecule has 0 aromatic rings. The smallest absolute Gasteiger partial charge is 0.405 e. The van der Waals surface area contributed by atoms with Crippen molar-refractivity contribution in [1.29, 1.82) is 0 Å². The second kappa shape index (κ2) is 2.43. The third kappa shape index (κ3) is 1.19. The average molecular weight is 146 g/mol. The van der Waals surface area contributed by atoms with Gasteiger partial charge in [0.25, 0.3) is 0 Å². The highest BCUT2D eigenvalue weighted by molar-refractivity contribution is 5.65. The first-order chi connectivity index (χ1) is 4.68. The molecule has 1 aliphatic heterocycles. The van der Waals surface area contributed by atoms with Gasteiger partial charge in [-0.2, -0.15) is 0 Å². The molecule has 0 saturated carbocycles. The topological polar surface area (TPSA) is 87.6 Å². The summed E-state index contributed by atoms with van der Waals surface area (Å²) in [6.07, 6.45) is -0.797. The van der Waals surface area contributed by atoms with E-state index < -0.39 is 11.7 Å². The summed E-state index contributed by atoms with van der Waals surface area (Å²) in [6, 6.07) is 0. The van der Waals surface area contributed by atoms with E-state index in [9.17, 15) is 4.79 Å². The van der Waals surface area contributed by atoms with Crippen molar-refractivity contribution < 1.29 is 14.3 Å². The number of carbonyl (C=O) groups is 1. The van der Waals surface area contributed by atoms with Gasteiger partial charge in [-0.1, -0.05) is 0 Å². The van der Waals surface area contributed by atoms with E-state index in [0.717, 1.165) is 0 Å². The molecule has 5 heteroatoms. The maximum atomic E-state index is 10.3. The van der Waals surface area contributed by atoms with E-state index in [-0.39, 0.29) is 6.54 Å². The third-order valence-electron chi connectivity index (χ3n) is 1.42. The fourth-order valence-electron chi connectivity index (χ4n) is 0.762. The minimum atomic E-state index is -0.797. The summed E-state index contributed by atoms with van der Waals surface area (Å²) in [6.45, 7) is 0.967. The molecule has 4 N–H and O–H groups in total. The quantitative estimate of drug-likeness (QED) is 0.512. The fourth-order valence-corrected chi connectivity index (χ4v) is 0.762. The first-order valence-electron chi connectivity index (χ1n) is 2.95. The van der Waals surface area contributed by atoms with Crippen molar-refractivity contribution in [3.8, 4) is 0 Å². The Balaban J connectivity index is 2.40. The van der Waals surface area contributed by atoms with Gasteiger partial charge in [0.05, 0.1) is 13.2 Å². The standard InChI is InChI=1S/C5H10N2O3/c6-1-5(2-9-3-5)10-4(7)8/h1-3,6H2,(H2,7,8). The van der Waals surface area contributed by atoms with E-state index in [0.29, 0.717) is 13.2 Å².